The van der Waals surface area contributed by atoms with Crippen LogP contribution in [0.2, 0.25) is 0 Å². The molecule has 51 heavy (non-hydrogen) atoms. The number of aromatic nitrogens is 5. The van der Waals surface area contributed by atoms with Crippen molar-refractivity contribution in [2.75, 3.05) is 0 Å². The highest BCUT2D eigenvalue weighted by Gasteiger charge is 2.18. The Bertz CT molecular complexity index is 2560. The van der Waals surface area contributed by atoms with E-state index in [2.05, 4.69) is 108 Å². The molecule has 3 heterocycles. The molecule has 0 radical (unpaired) electrons. The number of hydrogen-bond acceptors (Lipinski definition) is 4. The van der Waals surface area contributed by atoms with Crippen molar-refractivity contribution >= 4 is 21.8 Å². The first-order valence-electron chi connectivity index (χ1n) is 17.1. The van der Waals surface area contributed by atoms with Crippen LogP contribution in [0.15, 0.2) is 164 Å². The lowest BCUT2D eigenvalue weighted by molar-refractivity contribution is 1.07. The smallest absolute Gasteiger partial charge is 0.164 e. The summed E-state index contributed by atoms with van der Waals surface area (Å²) in [5, 5.41) is 2.53. The molecule has 0 spiro atoms. The summed E-state index contributed by atoms with van der Waals surface area (Å²) in [5.41, 5.74) is 13.0. The van der Waals surface area contributed by atoms with Crippen molar-refractivity contribution in [2.45, 2.75) is 13.8 Å². The van der Waals surface area contributed by atoms with E-state index in [0.717, 1.165) is 44.6 Å². The maximum atomic E-state index is 5.09. The van der Waals surface area contributed by atoms with Crippen molar-refractivity contribution in [2.24, 2.45) is 0 Å². The van der Waals surface area contributed by atoms with E-state index >= 15 is 0 Å². The van der Waals surface area contributed by atoms with Gasteiger partial charge in [0.15, 0.2) is 17.5 Å². The molecule has 0 bridgehead atoms. The topological polar surface area (TPSA) is 56.5 Å². The minimum atomic E-state index is 0.618. The Morgan fingerprint density at radius 1 is 0.412 bits per heavy atom. The minimum absolute atomic E-state index is 0.618. The van der Waals surface area contributed by atoms with Gasteiger partial charge in [-0.3, -0.25) is 4.98 Å². The van der Waals surface area contributed by atoms with Crippen LogP contribution in [0.25, 0.3) is 83.9 Å². The summed E-state index contributed by atoms with van der Waals surface area (Å²) in [6, 6.07) is 53.0. The molecule has 5 nitrogen and oxygen atoms in total. The second-order valence-electron chi connectivity index (χ2n) is 13.0. The highest BCUT2D eigenvalue weighted by molar-refractivity contribution is 6.09. The first kappa shape index (κ1) is 30.3. The number of aryl methyl sites for hydroxylation is 2. The van der Waals surface area contributed by atoms with Gasteiger partial charge in [0.2, 0.25) is 0 Å². The monoisotopic (exact) mass is 655 g/mol. The van der Waals surface area contributed by atoms with E-state index in [1.807, 2.05) is 72.9 Å². The third kappa shape index (κ3) is 5.65. The highest BCUT2D eigenvalue weighted by Crippen LogP contribution is 2.38. The van der Waals surface area contributed by atoms with Crippen LogP contribution in [-0.2, 0) is 0 Å². The van der Waals surface area contributed by atoms with Crippen molar-refractivity contribution in [3.05, 3.63) is 175 Å². The number of pyridine rings is 1. The molecular formula is C46H33N5. The Hall–Kier alpha value is -6.72. The predicted molar refractivity (Wildman–Crippen MR) is 209 cm³/mol. The molecule has 0 saturated heterocycles. The van der Waals surface area contributed by atoms with Gasteiger partial charge in [-0.2, -0.15) is 0 Å². The molecule has 0 aliphatic heterocycles. The summed E-state index contributed by atoms with van der Waals surface area (Å²) in [4.78, 5) is 19.5. The molecule has 242 valence electrons. The molecule has 0 unspecified atom stereocenters. The Morgan fingerprint density at radius 2 is 0.961 bits per heavy atom. The summed E-state index contributed by atoms with van der Waals surface area (Å²) < 4.78 is 2.37. The zero-order valence-electron chi connectivity index (χ0n) is 28.3. The average Bonchev–Trinajstić information content (AvgIpc) is 3.51. The largest absolute Gasteiger partial charge is 0.309 e. The summed E-state index contributed by atoms with van der Waals surface area (Å²) in [7, 11) is 0. The lowest BCUT2D eigenvalue weighted by atomic mass is 9.94. The fraction of sp³-hybridized carbons (Fsp3) is 0.0435. The number of nitrogens with zero attached hydrogens (tertiary/aromatic N) is 5. The van der Waals surface area contributed by atoms with Gasteiger partial charge in [0.25, 0.3) is 0 Å². The van der Waals surface area contributed by atoms with Crippen LogP contribution in [0, 0.1) is 13.8 Å². The normalized spacial score (nSPS) is 11.3. The summed E-state index contributed by atoms with van der Waals surface area (Å²) >= 11 is 0. The number of hydrogen-bond donors (Lipinski definition) is 0. The van der Waals surface area contributed by atoms with Crippen LogP contribution in [-0.4, -0.2) is 24.5 Å². The minimum Gasteiger partial charge on any atom is -0.309 e. The predicted octanol–water partition coefficient (Wildman–Crippen LogP) is 11.3. The van der Waals surface area contributed by atoms with Crippen molar-refractivity contribution in [1.82, 2.24) is 24.5 Å². The van der Waals surface area contributed by atoms with Crippen molar-refractivity contribution < 1.29 is 0 Å². The van der Waals surface area contributed by atoms with Gasteiger partial charge in [-0.05, 0) is 85.1 Å². The molecule has 9 aromatic rings. The maximum absolute atomic E-state index is 5.09. The molecule has 5 heteroatoms. The average molecular weight is 656 g/mol. The summed E-state index contributed by atoms with van der Waals surface area (Å²) in [5.74, 6) is 1.88. The van der Waals surface area contributed by atoms with Crippen molar-refractivity contribution in [1.29, 1.82) is 0 Å². The highest BCUT2D eigenvalue weighted by atomic mass is 15.0. The molecule has 0 amide bonds. The van der Waals surface area contributed by atoms with E-state index in [-0.39, 0.29) is 0 Å². The molecule has 6 aromatic carbocycles. The third-order valence-electron chi connectivity index (χ3n) is 9.47. The van der Waals surface area contributed by atoms with Gasteiger partial charge in [0.05, 0.1) is 11.0 Å². The first-order chi connectivity index (χ1) is 25.1. The van der Waals surface area contributed by atoms with Crippen LogP contribution in [0.4, 0.5) is 0 Å². The van der Waals surface area contributed by atoms with Crippen LogP contribution >= 0.6 is 0 Å². The quantitative estimate of drug-likeness (QED) is 0.179. The van der Waals surface area contributed by atoms with Gasteiger partial charge in [0.1, 0.15) is 0 Å². The van der Waals surface area contributed by atoms with E-state index in [4.69, 9.17) is 15.0 Å². The van der Waals surface area contributed by atoms with Gasteiger partial charge < -0.3 is 4.57 Å². The third-order valence-corrected chi connectivity index (χ3v) is 9.47. The SMILES string of the molecule is Cc1ccc2c(c1)c1cc(C)ccc1n2-c1ccc(-c2cc(-c3cccnc3)ccc2-c2nc(-c3ccccc3)nc(-c3ccccc3)n2)cc1. The summed E-state index contributed by atoms with van der Waals surface area (Å²) in [6.07, 6.45) is 3.70. The maximum Gasteiger partial charge on any atom is 0.164 e. The fourth-order valence-corrected chi connectivity index (χ4v) is 6.94. The molecule has 0 aliphatic rings. The van der Waals surface area contributed by atoms with Crippen molar-refractivity contribution in [3.8, 4) is 62.1 Å². The molecule has 9 rings (SSSR count). The van der Waals surface area contributed by atoms with E-state index in [0.29, 0.717) is 17.5 Å². The second-order valence-corrected chi connectivity index (χ2v) is 13.0. The van der Waals surface area contributed by atoms with Crippen LogP contribution in [0.1, 0.15) is 11.1 Å². The number of fused-ring (bicyclic) bond motifs is 3. The van der Waals surface area contributed by atoms with E-state index in [9.17, 15) is 0 Å². The molecule has 0 fully saturated rings. The Kier molecular flexibility index (Phi) is 7.51. The lowest BCUT2D eigenvalue weighted by Crippen LogP contribution is -2.01. The molecule has 3 aromatic heterocycles. The van der Waals surface area contributed by atoms with Crippen molar-refractivity contribution in [3.63, 3.8) is 0 Å². The van der Waals surface area contributed by atoms with Crippen LogP contribution in [0.3, 0.4) is 0 Å². The molecule has 0 atom stereocenters. The number of benzene rings is 6. The zero-order chi connectivity index (χ0) is 34.3. The number of rotatable bonds is 6. The van der Waals surface area contributed by atoms with Crippen LogP contribution < -0.4 is 0 Å². The van der Waals surface area contributed by atoms with Gasteiger partial charge in [-0.1, -0.05) is 108 Å². The van der Waals surface area contributed by atoms with Crippen LogP contribution in [0.5, 0.6) is 0 Å². The van der Waals surface area contributed by atoms with Gasteiger partial charge in [-0.15, -0.1) is 0 Å². The van der Waals surface area contributed by atoms with Gasteiger partial charge in [0, 0.05) is 51.1 Å². The standard InChI is InChI=1S/C46H33N5/c1-30-15-23-42-40(26-30)41-27-31(2)16-24-43(41)51(42)37-20-17-32(18-21-37)39-28-35(36-14-9-25-47-29-36)19-22-38(39)46-49-44(33-10-5-3-6-11-33)48-45(50-46)34-12-7-4-8-13-34/h3-29H,1-2H3. The van der Waals surface area contributed by atoms with E-state index < -0.39 is 0 Å². The van der Waals surface area contributed by atoms with Gasteiger partial charge in [-0.25, -0.2) is 15.0 Å². The molecule has 0 N–H and O–H groups in total. The van der Waals surface area contributed by atoms with E-state index in [1.54, 1.807) is 6.20 Å². The Morgan fingerprint density at radius 3 is 1.53 bits per heavy atom. The first-order valence-corrected chi connectivity index (χ1v) is 17.1. The molecular weight excluding hydrogens is 623 g/mol. The Balaban J connectivity index is 1.23. The summed E-state index contributed by atoms with van der Waals surface area (Å²) in [6.45, 7) is 4.31. The Labute approximate surface area is 296 Å². The lowest BCUT2D eigenvalue weighted by Gasteiger charge is -2.15. The van der Waals surface area contributed by atoms with Gasteiger partial charge >= 0.3 is 0 Å². The molecule has 0 saturated carbocycles. The molecule has 0 aliphatic carbocycles. The fourth-order valence-electron chi connectivity index (χ4n) is 6.94. The van der Waals surface area contributed by atoms with E-state index in [1.165, 1.54) is 32.9 Å². The second kappa shape index (κ2) is 12.6. The zero-order valence-corrected chi connectivity index (χ0v) is 28.3.